The molecule has 0 saturated carbocycles. The van der Waals surface area contributed by atoms with Crippen LogP contribution in [0.15, 0.2) is 75.6 Å². The van der Waals surface area contributed by atoms with Crippen molar-refractivity contribution in [1.29, 1.82) is 0 Å². The maximum Gasteiger partial charge on any atom is 0.287 e. The van der Waals surface area contributed by atoms with Crippen LogP contribution < -0.4 is 5.32 Å². The molecule has 0 saturated heterocycles. The molecule has 0 radical (unpaired) electrons. The summed E-state index contributed by atoms with van der Waals surface area (Å²) in [5.74, 6) is 0.470. The molecule has 5 rings (SSSR count). The number of hydrogen-bond donors (Lipinski definition) is 1. The Labute approximate surface area is 206 Å². The summed E-state index contributed by atoms with van der Waals surface area (Å²) in [5, 5.41) is 14.2. The van der Waals surface area contributed by atoms with Crippen LogP contribution in [-0.2, 0) is 6.54 Å². The van der Waals surface area contributed by atoms with Crippen LogP contribution >= 0.6 is 0 Å². The highest BCUT2D eigenvalue weighted by Gasteiger charge is 2.20. The molecule has 0 aliphatic rings. The number of benzene rings is 3. The monoisotopic (exact) mass is 481 g/mol. The summed E-state index contributed by atoms with van der Waals surface area (Å²) in [5.41, 5.74) is 6.62. The molecule has 5 aromatic rings. The Bertz CT molecular complexity index is 1570. The van der Waals surface area contributed by atoms with E-state index in [0.29, 0.717) is 11.5 Å². The lowest BCUT2D eigenvalue weighted by Gasteiger charge is -2.05. The fourth-order valence-electron chi connectivity index (χ4n) is 3.94. The summed E-state index contributed by atoms with van der Waals surface area (Å²) < 4.78 is 11.6. The Kier molecular flexibility index (Phi) is 5.85. The van der Waals surface area contributed by atoms with Crippen LogP contribution in [0.2, 0.25) is 0 Å². The van der Waals surface area contributed by atoms with Gasteiger partial charge in [-0.05, 0) is 85.5 Å². The Morgan fingerprint density at radius 2 is 1.69 bits per heavy atom. The largest absolute Gasteiger partial charge is 0.451 e. The average Bonchev–Trinajstić information content (AvgIpc) is 3.51. The normalized spacial score (nSPS) is 11.1. The van der Waals surface area contributed by atoms with Crippen molar-refractivity contribution in [1.82, 2.24) is 10.3 Å². The van der Waals surface area contributed by atoms with E-state index in [-0.39, 0.29) is 23.8 Å². The second-order valence-electron chi connectivity index (χ2n) is 8.74. The highest BCUT2D eigenvalue weighted by atomic mass is 16.6. The van der Waals surface area contributed by atoms with Gasteiger partial charge < -0.3 is 14.2 Å². The van der Waals surface area contributed by atoms with E-state index in [4.69, 9.17) is 8.83 Å². The van der Waals surface area contributed by atoms with Gasteiger partial charge in [-0.25, -0.2) is 4.98 Å². The molecule has 180 valence electrons. The number of oxazole rings is 1. The van der Waals surface area contributed by atoms with E-state index >= 15 is 0 Å². The Balaban J connectivity index is 1.27. The molecule has 1 amide bonds. The zero-order valence-corrected chi connectivity index (χ0v) is 20.0. The van der Waals surface area contributed by atoms with Gasteiger partial charge in [-0.2, -0.15) is 0 Å². The van der Waals surface area contributed by atoms with Gasteiger partial charge in [-0.15, -0.1) is 0 Å². The summed E-state index contributed by atoms with van der Waals surface area (Å²) in [7, 11) is 0. The van der Waals surface area contributed by atoms with E-state index in [2.05, 4.69) is 10.3 Å². The number of carbonyl (C=O) groups excluding carboxylic acids is 1. The van der Waals surface area contributed by atoms with Gasteiger partial charge in [0.1, 0.15) is 11.3 Å². The third-order valence-corrected chi connectivity index (χ3v) is 6.10. The highest BCUT2D eigenvalue weighted by molar-refractivity contribution is 5.92. The van der Waals surface area contributed by atoms with Crippen molar-refractivity contribution >= 4 is 22.7 Å². The number of fused-ring (bicyclic) bond motifs is 1. The van der Waals surface area contributed by atoms with Crippen molar-refractivity contribution in [2.45, 2.75) is 27.3 Å². The van der Waals surface area contributed by atoms with Gasteiger partial charge in [-0.1, -0.05) is 18.2 Å². The minimum absolute atomic E-state index is 0.0689. The van der Waals surface area contributed by atoms with E-state index in [9.17, 15) is 14.9 Å². The van der Waals surface area contributed by atoms with Crippen molar-refractivity contribution < 1.29 is 18.6 Å². The Morgan fingerprint density at radius 3 is 2.44 bits per heavy atom. The topological polar surface area (TPSA) is 111 Å². The molecule has 3 aromatic carbocycles. The summed E-state index contributed by atoms with van der Waals surface area (Å²) in [6.07, 6.45) is 0. The second kappa shape index (κ2) is 9.14. The molecule has 0 atom stereocenters. The molecular formula is C28H23N3O5. The first kappa shape index (κ1) is 23.0. The van der Waals surface area contributed by atoms with Crippen molar-refractivity contribution in [2.24, 2.45) is 0 Å². The molecule has 2 heterocycles. The van der Waals surface area contributed by atoms with E-state index in [1.165, 1.54) is 12.1 Å². The number of aromatic nitrogens is 1. The predicted octanol–water partition coefficient (Wildman–Crippen LogP) is 6.52. The number of nitrogens with zero attached hydrogens (tertiary/aromatic N) is 2. The van der Waals surface area contributed by atoms with E-state index in [0.717, 1.165) is 38.9 Å². The van der Waals surface area contributed by atoms with Crippen molar-refractivity contribution in [3.63, 3.8) is 0 Å². The van der Waals surface area contributed by atoms with Crippen LogP contribution in [0.25, 0.3) is 33.9 Å². The quantitative estimate of drug-likeness (QED) is 0.218. The molecular weight excluding hydrogens is 458 g/mol. The first-order valence-corrected chi connectivity index (χ1v) is 11.4. The third kappa shape index (κ3) is 4.48. The average molecular weight is 482 g/mol. The number of carbonyl (C=O) groups is 1. The molecule has 0 spiro atoms. The molecule has 8 heteroatoms. The molecule has 36 heavy (non-hydrogen) atoms. The maximum atomic E-state index is 12.6. The first-order chi connectivity index (χ1) is 17.3. The molecule has 0 unspecified atom stereocenters. The minimum atomic E-state index is -0.461. The van der Waals surface area contributed by atoms with Gasteiger partial charge in [-0.3, -0.25) is 14.9 Å². The summed E-state index contributed by atoms with van der Waals surface area (Å²) in [4.78, 5) is 28.1. The summed E-state index contributed by atoms with van der Waals surface area (Å²) in [6.45, 7) is 6.14. The van der Waals surface area contributed by atoms with E-state index in [1.54, 1.807) is 25.1 Å². The van der Waals surface area contributed by atoms with Gasteiger partial charge in [0, 0.05) is 18.2 Å². The van der Waals surface area contributed by atoms with Gasteiger partial charge in [0.2, 0.25) is 5.89 Å². The number of nitro groups is 1. The third-order valence-electron chi connectivity index (χ3n) is 6.10. The number of furan rings is 1. The smallest absolute Gasteiger partial charge is 0.287 e. The summed E-state index contributed by atoms with van der Waals surface area (Å²) in [6, 6.07) is 19.5. The van der Waals surface area contributed by atoms with Crippen LogP contribution in [0, 0.1) is 30.9 Å². The highest BCUT2D eigenvalue weighted by Crippen LogP contribution is 2.32. The zero-order chi connectivity index (χ0) is 25.4. The Hall–Kier alpha value is -4.72. The predicted molar refractivity (Wildman–Crippen MR) is 136 cm³/mol. The van der Waals surface area contributed by atoms with Crippen LogP contribution in [0.1, 0.15) is 32.8 Å². The molecule has 0 bridgehead atoms. The molecule has 2 aromatic heterocycles. The van der Waals surface area contributed by atoms with Gasteiger partial charge in [0.15, 0.2) is 11.3 Å². The molecule has 0 fully saturated rings. The van der Waals surface area contributed by atoms with Gasteiger partial charge in [0.05, 0.1) is 10.5 Å². The van der Waals surface area contributed by atoms with Crippen molar-refractivity contribution in [3.05, 3.63) is 105 Å². The lowest BCUT2D eigenvalue weighted by atomic mass is 10.1. The van der Waals surface area contributed by atoms with Gasteiger partial charge in [0.25, 0.3) is 11.6 Å². The minimum Gasteiger partial charge on any atom is -0.451 e. The van der Waals surface area contributed by atoms with Crippen LogP contribution in [0.5, 0.6) is 0 Å². The molecule has 0 aliphatic carbocycles. The van der Waals surface area contributed by atoms with Crippen molar-refractivity contribution in [2.75, 3.05) is 0 Å². The lowest BCUT2D eigenvalue weighted by molar-refractivity contribution is -0.384. The number of nitro benzene ring substituents is 1. The first-order valence-electron chi connectivity index (χ1n) is 11.4. The van der Waals surface area contributed by atoms with E-state index in [1.807, 2.05) is 50.2 Å². The number of rotatable bonds is 6. The molecule has 1 N–H and O–H groups in total. The van der Waals surface area contributed by atoms with E-state index < -0.39 is 10.8 Å². The lowest BCUT2D eigenvalue weighted by Crippen LogP contribution is -2.22. The molecule has 0 aliphatic heterocycles. The number of nitrogens with one attached hydrogen (secondary N) is 1. The Morgan fingerprint density at radius 1 is 0.944 bits per heavy atom. The summed E-state index contributed by atoms with van der Waals surface area (Å²) >= 11 is 0. The number of aryl methyl sites for hydroxylation is 3. The van der Waals surface area contributed by atoms with Crippen LogP contribution in [-0.4, -0.2) is 15.8 Å². The number of amides is 1. The SMILES string of the molecule is Cc1ccc(-c2ccc(C(=O)NCc3ccc(-c4nc5cc(C)c(C)cc5o4)cc3)o2)c([N+](=O)[O-])c1. The fourth-order valence-corrected chi connectivity index (χ4v) is 3.94. The molecule has 8 nitrogen and oxygen atoms in total. The fraction of sp³-hybridized carbons (Fsp3) is 0.143. The standard InChI is InChI=1S/C28H23N3O5/c1-16-4-9-21(23(12-16)31(33)34)24-10-11-25(35-24)27(32)29-15-19-5-7-20(8-6-19)28-30-22-13-17(2)18(3)14-26(22)36-28/h4-14H,15H2,1-3H3,(H,29,32). The van der Waals surface area contributed by atoms with Crippen LogP contribution in [0.4, 0.5) is 5.69 Å². The maximum absolute atomic E-state index is 12.6. The zero-order valence-electron chi connectivity index (χ0n) is 20.0. The second-order valence-corrected chi connectivity index (χ2v) is 8.74. The van der Waals surface area contributed by atoms with Gasteiger partial charge >= 0.3 is 0 Å². The van der Waals surface area contributed by atoms with Crippen molar-refractivity contribution in [3.8, 4) is 22.8 Å². The number of hydrogen-bond acceptors (Lipinski definition) is 6. The van der Waals surface area contributed by atoms with Crippen LogP contribution in [0.3, 0.4) is 0 Å².